The minimum absolute atomic E-state index is 0.0252. The molecule has 3 heterocycles. The van der Waals surface area contributed by atoms with Gasteiger partial charge in [0.1, 0.15) is 5.82 Å². The molecule has 0 unspecified atom stereocenters. The summed E-state index contributed by atoms with van der Waals surface area (Å²) in [5.41, 5.74) is 1.56. The van der Waals surface area contributed by atoms with Crippen LogP contribution in [0.25, 0.3) is 5.82 Å². The molecule has 1 aliphatic rings. The molecule has 11 heteroatoms. The monoisotopic (exact) mass is 528 g/mol. The van der Waals surface area contributed by atoms with Crippen molar-refractivity contribution in [1.82, 2.24) is 24.8 Å². The molecule has 1 aromatic carbocycles. The Bertz CT molecular complexity index is 1390. The van der Waals surface area contributed by atoms with Gasteiger partial charge in [-0.15, -0.1) is 0 Å². The molecule has 0 radical (unpaired) electrons. The highest BCUT2D eigenvalue weighted by Crippen LogP contribution is 2.27. The van der Waals surface area contributed by atoms with Gasteiger partial charge in [-0.3, -0.25) is 14.4 Å². The van der Waals surface area contributed by atoms with Crippen LogP contribution in [0.5, 0.6) is 0 Å². The molecule has 1 aliphatic heterocycles. The average Bonchev–Trinajstić information content (AvgIpc) is 2.85. The van der Waals surface area contributed by atoms with Crippen molar-refractivity contribution in [1.29, 1.82) is 0 Å². The van der Waals surface area contributed by atoms with E-state index >= 15 is 0 Å². The number of halogens is 2. The Kier molecular flexibility index (Phi) is 7.33. The first-order valence-electron chi connectivity index (χ1n) is 11.5. The Hall–Kier alpha value is -3.43. The molecule has 0 spiro atoms. The van der Waals surface area contributed by atoms with E-state index in [1.807, 2.05) is 20.8 Å². The van der Waals surface area contributed by atoms with E-state index in [1.165, 1.54) is 17.8 Å². The molecule has 3 aromatic rings. The van der Waals surface area contributed by atoms with Gasteiger partial charge in [-0.25, -0.2) is 14.5 Å². The van der Waals surface area contributed by atoms with Crippen molar-refractivity contribution < 1.29 is 9.59 Å². The zero-order valence-electron chi connectivity index (χ0n) is 20.3. The van der Waals surface area contributed by atoms with E-state index < -0.39 is 0 Å². The highest BCUT2D eigenvalue weighted by Gasteiger charge is 2.32. The van der Waals surface area contributed by atoms with Gasteiger partial charge in [0.15, 0.2) is 0 Å². The number of benzene rings is 1. The zero-order chi connectivity index (χ0) is 26.1. The van der Waals surface area contributed by atoms with Crippen molar-refractivity contribution in [2.45, 2.75) is 45.8 Å². The summed E-state index contributed by atoms with van der Waals surface area (Å²) >= 11 is 12.1. The van der Waals surface area contributed by atoms with Crippen LogP contribution in [0.3, 0.4) is 0 Å². The molecule has 2 amide bonds. The predicted molar refractivity (Wildman–Crippen MR) is 139 cm³/mol. The van der Waals surface area contributed by atoms with Gasteiger partial charge in [0.05, 0.1) is 27.8 Å². The summed E-state index contributed by atoms with van der Waals surface area (Å²) in [4.78, 5) is 49.7. The SMILES string of the molecule is CNC(=O)c1ccc(-n2c(NC(C)C)nc3c(c2=O)C[C@@H](C)N(C(=O)c2ccc(Cl)c(Cl)c2)C3)nc1. The minimum Gasteiger partial charge on any atom is -0.355 e. The average molecular weight is 529 g/mol. The summed E-state index contributed by atoms with van der Waals surface area (Å²) in [6, 6.07) is 7.69. The number of carbonyl (C=O) groups is 2. The standard InChI is InChI=1S/C25H26Cl2N6O3/c1-13(2)30-25-31-20-12-32(23(35)15-5-7-18(26)19(27)10-15)14(3)9-17(20)24(36)33(25)21-8-6-16(11-29-21)22(34)28-4/h5-8,10-11,13-14H,9,12H2,1-4H3,(H,28,34)(H,30,31)/t14-/m1/s1. The molecule has 0 aliphatic carbocycles. The zero-order valence-corrected chi connectivity index (χ0v) is 21.8. The number of pyridine rings is 1. The van der Waals surface area contributed by atoms with Crippen molar-refractivity contribution in [2.24, 2.45) is 0 Å². The first-order chi connectivity index (χ1) is 17.1. The first kappa shape index (κ1) is 25.7. The molecule has 0 saturated carbocycles. The number of anilines is 1. The van der Waals surface area contributed by atoms with Crippen LogP contribution in [0.4, 0.5) is 5.95 Å². The molecule has 2 N–H and O–H groups in total. The van der Waals surface area contributed by atoms with E-state index in [2.05, 4.69) is 15.6 Å². The van der Waals surface area contributed by atoms with Gasteiger partial charge in [0.2, 0.25) is 5.95 Å². The largest absolute Gasteiger partial charge is 0.355 e. The molecule has 4 rings (SSSR count). The molecule has 0 saturated heterocycles. The fourth-order valence-electron chi connectivity index (χ4n) is 4.09. The summed E-state index contributed by atoms with van der Waals surface area (Å²) in [7, 11) is 1.54. The lowest BCUT2D eigenvalue weighted by Crippen LogP contribution is -2.46. The van der Waals surface area contributed by atoms with Gasteiger partial charge in [-0.2, -0.15) is 0 Å². The number of nitrogens with one attached hydrogen (secondary N) is 2. The molecule has 0 bridgehead atoms. The normalized spacial score (nSPS) is 15.0. The van der Waals surface area contributed by atoms with E-state index in [9.17, 15) is 14.4 Å². The Labute approximate surface area is 218 Å². The summed E-state index contributed by atoms with van der Waals surface area (Å²) in [5, 5.41) is 6.42. The lowest BCUT2D eigenvalue weighted by Gasteiger charge is -2.34. The van der Waals surface area contributed by atoms with Crippen LogP contribution in [0.2, 0.25) is 10.0 Å². The van der Waals surface area contributed by atoms with Gasteiger partial charge < -0.3 is 15.5 Å². The van der Waals surface area contributed by atoms with Gasteiger partial charge in [-0.05, 0) is 57.5 Å². The number of hydrogen-bond donors (Lipinski definition) is 2. The third-order valence-corrected chi connectivity index (χ3v) is 6.66. The lowest BCUT2D eigenvalue weighted by molar-refractivity contribution is 0.0653. The van der Waals surface area contributed by atoms with Gasteiger partial charge in [0, 0.05) is 36.5 Å². The molecule has 2 aromatic heterocycles. The minimum atomic E-state index is -0.272. The highest BCUT2D eigenvalue weighted by atomic mass is 35.5. The number of hydrogen-bond acceptors (Lipinski definition) is 6. The van der Waals surface area contributed by atoms with Crippen molar-refractivity contribution in [3.63, 3.8) is 0 Å². The van der Waals surface area contributed by atoms with Crippen molar-refractivity contribution in [3.8, 4) is 5.82 Å². The maximum Gasteiger partial charge on any atom is 0.264 e. The Morgan fingerprint density at radius 1 is 1.11 bits per heavy atom. The van der Waals surface area contributed by atoms with Gasteiger partial charge in [0.25, 0.3) is 17.4 Å². The smallest absolute Gasteiger partial charge is 0.264 e. The van der Waals surface area contributed by atoms with Gasteiger partial charge >= 0.3 is 0 Å². The fourth-order valence-corrected chi connectivity index (χ4v) is 4.39. The van der Waals surface area contributed by atoms with Crippen LogP contribution in [0, 0.1) is 0 Å². The Morgan fingerprint density at radius 2 is 1.83 bits per heavy atom. The molecular formula is C25H26Cl2N6O3. The van der Waals surface area contributed by atoms with Crippen LogP contribution in [-0.4, -0.2) is 50.4 Å². The third kappa shape index (κ3) is 4.94. The van der Waals surface area contributed by atoms with Crippen LogP contribution < -0.4 is 16.2 Å². The van der Waals surface area contributed by atoms with Gasteiger partial charge in [-0.1, -0.05) is 23.2 Å². The summed E-state index contributed by atoms with van der Waals surface area (Å²) in [6.45, 7) is 5.92. The fraction of sp³-hybridized carbons (Fsp3) is 0.320. The number of rotatable bonds is 5. The van der Waals surface area contributed by atoms with E-state index in [0.29, 0.717) is 50.6 Å². The number of carbonyl (C=O) groups excluding carboxylic acids is 2. The second-order valence-electron chi connectivity index (χ2n) is 8.90. The van der Waals surface area contributed by atoms with Crippen molar-refractivity contribution >= 4 is 41.0 Å². The van der Waals surface area contributed by atoms with Crippen LogP contribution >= 0.6 is 23.2 Å². The number of fused-ring (bicyclic) bond motifs is 1. The Balaban J connectivity index is 1.75. The predicted octanol–water partition coefficient (Wildman–Crippen LogP) is 3.70. The molecule has 36 heavy (non-hydrogen) atoms. The molecule has 1 atom stereocenters. The van der Waals surface area contributed by atoms with Crippen LogP contribution in [0.1, 0.15) is 52.7 Å². The van der Waals surface area contributed by atoms with E-state index in [4.69, 9.17) is 28.2 Å². The summed E-state index contributed by atoms with van der Waals surface area (Å²) in [6.07, 6.45) is 1.74. The summed E-state index contributed by atoms with van der Waals surface area (Å²) < 4.78 is 1.41. The number of aromatic nitrogens is 3. The number of nitrogens with zero attached hydrogens (tertiary/aromatic N) is 4. The maximum atomic E-state index is 13.7. The van der Waals surface area contributed by atoms with Crippen LogP contribution in [0.15, 0.2) is 41.3 Å². The van der Waals surface area contributed by atoms with E-state index in [1.54, 1.807) is 35.2 Å². The highest BCUT2D eigenvalue weighted by molar-refractivity contribution is 6.42. The van der Waals surface area contributed by atoms with Crippen molar-refractivity contribution in [2.75, 3.05) is 12.4 Å². The molecule has 0 fully saturated rings. The lowest BCUT2D eigenvalue weighted by atomic mass is 9.98. The van der Waals surface area contributed by atoms with E-state index in [-0.39, 0.29) is 36.0 Å². The van der Waals surface area contributed by atoms with Crippen molar-refractivity contribution in [3.05, 3.63) is 79.3 Å². The second kappa shape index (κ2) is 10.3. The van der Waals surface area contributed by atoms with E-state index in [0.717, 1.165) is 0 Å². The third-order valence-electron chi connectivity index (χ3n) is 5.93. The quantitative estimate of drug-likeness (QED) is 0.522. The number of amides is 2. The second-order valence-corrected chi connectivity index (χ2v) is 9.71. The summed E-state index contributed by atoms with van der Waals surface area (Å²) in [5.74, 6) is 0.159. The molecular weight excluding hydrogens is 503 g/mol. The molecule has 188 valence electrons. The first-order valence-corrected chi connectivity index (χ1v) is 12.2. The Morgan fingerprint density at radius 3 is 2.44 bits per heavy atom. The topological polar surface area (TPSA) is 109 Å². The van der Waals surface area contributed by atoms with Crippen LogP contribution in [-0.2, 0) is 13.0 Å². The molecule has 9 nitrogen and oxygen atoms in total. The maximum absolute atomic E-state index is 13.7.